The topological polar surface area (TPSA) is 96.5 Å². The summed E-state index contributed by atoms with van der Waals surface area (Å²) in [6.45, 7) is 2.89. The van der Waals surface area contributed by atoms with Gasteiger partial charge < -0.3 is 15.4 Å². The van der Waals surface area contributed by atoms with Crippen LogP contribution in [0.5, 0.6) is 5.75 Å². The van der Waals surface area contributed by atoms with Gasteiger partial charge in [0.15, 0.2) is 5.82 Å². The molecule has 0 aliphatic carbocycles. The van der Waals surface area contributed by atoms with Gasteiger partial charge in [0.1, 0.15) is 5.75 Å². The Labute approximate surface area is 147 Å². The van der Waals surface area contributed by atoms with Crippen LogP contribution in [0, 0.1) is 5.82 Å². The highest BCUT2D eigenvalue weighted by Crippen LogP contribution is 2.27. The van der Waals surface area contributed by atoms with Crippen molar-refractivity contribution in [2.45, 2.75) is 38.3 Å². The van der Waals surface area contributed by atoms with Gasteiger partial charge in [-0.1, -0.05) is 6.92 Å². The van der Waals surface area contributed by atoms with Gasteiger partial charge >= 0.3 is 0 Å². The third kappa shape index (κ3) is 5.05. The molecule has 2 rings (SSSR count). The maximum Gasteiger partial charge on any atom is 0.255 e. The molecule has 1 aliphatic heterocycles. The lowest BCUT2D eigenvalue weighted by molar-refractivity contribution is 0.0924. The van der Waals surface area contributed by atoms with E-state index in [2.05, 4.69) is 15.4 Å². The van der Waals surface area contributed by atoms with E-state index in [-0.39, 0.29) is 29.1 Å². The summed E-state index contributed by atoms with van der Waals surface area (Å²) in [5.74, 6) is -1.21. The Morgan fingerprint density at radius 2 is 2.20 bits per heavy atom. The first kappa shape index (κ1) is 19.5. The highest BCUT2D eigenvalue weighted by atomic mass is 32.2. The van der Waals surface area contributed by atoms with Crippen molar-refractivity contribution in [1.82, 2.24) is 10.6 Å². The van der Waals surface area contributed by atoms with Gasteiger partial charge in [0.05, 0.1) is 24.6 Å². The summed E-state index contributed by atoms with van der Waals surface area (Å²) in [5, 5.41) is 6.28. The summed E-state index contributed by atoms with van der Waals surface area (Å²) in [6.07, 6.45) is 3.68. The fourth-order valence-corrected chi connectivity index (χ4v) is 3.52. The maximum absolute atomic E-state index is 14.0. The smallest absolute Gasteiger partial charge is 0.255 e. The first-order chi connectivity index (χ1) is 11.7. The monoisotopic (exact) mass is 373 g/mol. The van der Waals surface area contributed by atoms with E-state index in [0.717, 1.165) is 44.2 Å². The quantitative estimate of drug-likeness (QED) is 0.673. The Kier molecular flexibility index (Phi) is 6.23. The normalized spacial score (nSPS) is 18.6. The number of ether oxygens (including phenoxy) is 1. The molecule has 0 spiro atoms. The first-order valence-corrected chi connectivity index (χ1v) is 10.0. The van der Waals surface area contributed by atoms with E-state index in [4.69, 9.17) is 4.74 Å². The number of sulfonamides is 1. The van der Waals surface area contributed by atoms with Crippen LogP contribution in [0.4, 0.5) is 10.1 Å². The van der Waals surface area contributed by atoms with Crippen LogP contribution in [0.2, 0.25) is 0 Å². The number of halogens is 1. The lowest BCUT2D eigenvalue weighted by Crippen LogP contribution is -2.47. The zero-order valence-electron chi connectivity index (χ0n) is 14.6. The predicted octanol–water partition coefficient (Wildman–Crippen LogP) is 1.47. The third-order valence-corrected chi connectivity index (χ3v) is 4.76. The van der Waals surface area contributed by atoms with Gasteiger partial charge in [-0.15, -0.1) is 0 Å². The second-order valence-corrected chi connectivity index (χ2v) is 7.85. The summed E-state index contributed by atoms with van der Waals surface area (Å²) < 4.78 is 43.9. The van der Waals surface area contributed by atoms with Crippen molar-refractivity contribution in [1.29, 1.82) is 0 Å². The molecule has 25 heavy (non-hydrogen) atoms. The highest BCUT2D eigenvalue weighted by Gasteiger charge is 2.26. The molecular weight excluding hydrogens is 349 g/mol. The molecule has 9 heteroatoms. The van der Waals surface area contributed by atoms with E-state index >= 15 is 0 Å². The molecule has 2 unspecified atom stereocenters. The summed E-state index contributed by atoms with van der Waals surface area (Å²) in [5.41, 5.74) is -0.216. The van der Waals surface area contributed by atoms with Crippen LogP contribution >= 0.6 is 0 Å². The fourth-order valence-electron chi connectivity index (χ4n) is 2.97. The van der Waals surface area contributed by atoms with E-state index in [9.17, 15) is 17.6 Å². The van der Waals surface area contributed by atoms with Crippen LogP contribution in [0.25, 0.3) is 0 Å². The van der Waals surface area contributed by atoms with Gasteiger partial charge in [0.2, 0.25) is 10.0 Å². The van der Waals surface area contributed by atoms with Crippen LogP contribution in [-0.2, 0) is 10.0 Å². The van der Waals surface area contributed by atoms with E-state index < -0.39 is 21.7 Å². The maximum atomic E-state index is 14.0. The number of carbonyl (C=O) groups is 1. The Morgan fingerprint density at radius 1 is 1.48 bits per heavy atom. The fraction of sp³-hybridized carbons (Fsp3) is 0.562. The van der Waals surface area contributed by atoms with Crippen molar-refractivity contribution in [3.05, 3.63) is 23.5 Å². The Hall–Kier alpha value is -1.87. The highest BCUT2D eigenvalue weighted by molar-refractivity contribution is 7.92. The zero-order valence-corrected chi connectivity index (χ0v) is 15.4. The number of rotatable bonds is 7. The number of anilines is 1. The summed E-state index contributed by atoms with van der Waals surface area (Å²) in [4.78, 5) is 12.7. The molecule has 0 saturated carbocycles. The van der Waals surface area contributed by atoms with Crippen LogP contribution < -0.4 is 20.1 Å². The minimum Gasteiger partial charge on any atom is -0.496 e. The van der Waals surface area contributed by atoms with Gasteiger partial charge in [-0.25, -0.2) is 12.8 Å². The molecule has 1 fully saturated rings. The van der Waals surface area contributed by atoms with Crippen LogP contribution in [0.1, 0.15) is 36.5 Å². The van der Waals surface area contributed by atoms with Gasteiger partial charge in [-0.05, 0) is 31.9 Å². The number of nitrogens with one attached hydrogen (secondary N) is 3. The van der Waals surface area contributed by atoms with Gasteiger partial charge in [-0.3, -0.25) is 9.52 Å². The average Bonchev–Trinajstić information content (AvgIpc) is 3.06. The molecule has 1 aromatic rings. The second kappa shape index (κ2) is 8.01. The minimum absolute atomic E-state index is 0.0447. The second-order valence-electron chi connectivity index (χ2n) is 6.10. The molecule has 0 radical (unpaired) electrons. The SMILES string of the molecule is CCC(NC(=O)c1cc(NS(C)(=O)=O)c(F)cc1OC)C1CCCN1. The van der Waals surface area contributed by atoms with Crippen LogP contribution in [-0.4, -0.2) is 46.3 Å². The molecule has 140 valence electrons. The third-order valence-electron chi connectivity index (χ3n) is 4.17. The van der Waals surface area contributed by atoms with Crippen LogP contribution in [0.15, 0.2) is 12.1 Å². The first-order valence-electron chi connectivity index (χ1n) is 8.14. The predicted molar refractivity (Wildman–Crippen MR) is 94.0 cm³/mol. The largest absolute Gasteiger partial charge is 0.496 e. The van der Waals surface area contributed by atoms with Crippen molar-refractivity contribution >= 4 is 21.6 Å². The van der Waals surface area contributed by atoms with Crippen molar-refractivity contribution in [2.75, 3.05) is 24.6 Å². The Morgan fingerprint density at radius 3 is 2.72 bits per heavy atom. The van der Waals surface area contributed by atoms with Crippen molar-refractivity contribution < 1.29 is 22.3 Å². The molecule has 1 heterocycles. The Balaban J connectivity index is 2.28. The lowest BCUT2D eigenvalue weighted by Gasteiger charge is -2.24. The Bertz CT molecular complexity index is 733. The molecule has 1 aromatic carbocycles. The van der Waals surface area contributed by atoms with E-state index in [1.165, 1.54) is 7.11 Å². The molecule has 0 bridgehead atoms. The van der Waals surface area contributed by atoms with E-state index in [1.807, 2.05) is 6.92 Å². The number of hydrogen-bond acceptors (Lipinski definition) is 5. The number of hydrogen-bond donors (Lipinski definition) is 3. The lowest BCUT2D eigenvalue weighted by atomic mass is 10.0. The summed E-state index contributed by atoms with van der Waals surface area (Å²) in [6, 6.07) is 2.27. The van der Waals surface area contributed by atoms with E-state index in [0.29, 0.717) is 0 Å². The number of benzene rings is 1. The van der Waals surface area contributed by atoms with Gasteiger partial charge in [0.25, 0.3) is 5.91 Å². The number of amides is 1. The molecular formula is C16H24FN3O4S. The van der Waals surface area contributed by atoms with Crippen molar-refractivity contribution in [2.24, 2.45) is 0 Å². The summed E-state index contributed by atoms with van der Waals surface area (Å²) >= 11 is 0. The molecule has 1 amide bonds. The standard InChI is InChI=1S/C16H24FN3O4S/c1-4-12(13-6-5-7-18-13)19-16(21)10-8-14(20-25(3,22)23)11(17)9-15(10)24-2/h8-9,12-13,18,20H,4-7H2,1-3H3,(H,19,21). The van der Waals surface area contributed by atoms with E-state index in [1.54, 1.807) is 0 Å². The van der Waals surface area contributed by atoms with Crippen molar-refractivity contribution in [3.8, 4) is 5.75 Å². The summed E-state index contributed by atoms with van der Waals surface area (Å²) in [7, 11) is -2.35. The molecule has 1 aliphatic rings. The molecule has 2 atom stereocenters. The van der Waals surface area contributed by atoms with Crippen molar-refractivity contribution in [3.63, 3.8) is 0 Å². The molecule has 0 aromatic heterocycles. The van der Waals surface area contributed by atoms with Crippen LogP contribution in [0.3, 0.4) is 0 Å². The average molecular weight is 373 g/mol. The number of methoxy groups -OCH3 is 1. The van der Waals surface area contributed by atoms with Gasteiger partial charge in [-0.2, -0.15) is 0 Å². The number of carbonyl (C=O) groups excluding carboxylic acids is 1. The van der Waals surface area contributed by atoms with Gasteiger partial charge in [0, 0.05) is 18.2 Å². The molecule has 3 N–H and O–H groups in total. The molecule has 1 saturated heterocycles. The zero-order chi connectivity index (χ0) is 18.6. The minimum atomic E-state index is -3.68. The molecule has 7 nitrogen and oxygen atoms in total.